The maximum absolute atomic E-state index is 9.34. The van der Waals surface area contributed by atoms with E-state index >= 15 is 0 Å². The number of carboxylic acids is 1. The number of quaternary nitrogens is 1. The van der Waals surface area contributed by atoms with Crippen molar-refractivity contribution in [1.29, 1.82) is 0 Å². The zero-order chi connectivity index (χ0) is 11.9. The van der Waals surface area contributed by atoms with Crippen LogP contribution in [-0.2, 0) is 4.79 Å². The lowest BCUT2D eigenvalue weighted by atomic mass is 10.4. The van der Waals surface area contributed by atoms with E-state index in [0.717, 1.165) is 13.3 Å². The summed E-state index contributed by atoms with van der Waals surface area (Å²) in [6.45, 7) is 3.11. The first-order valence-electron chi connectivity index (χ1n) is 4.51. The van der Waals surface area contributed by atoms with E-state index < -0.39 is 12.1 Å². The van der Waals surface area contributed by atoms with Crippen molar-refractivity contribution in [3.05, 3.63) is 0 Å². The molecule has 5 heteroatoms. The van der Waals surface area contributed by atoms with E-state index in [9.17, 15) is 9.90 Å². The van der Waals surface area contributed by atoms with E-state index in [-0.39, 0.29) is 6.23 Å². The fourth-order valence-corrected chi connectivity index (χ4v) is 0.548. The van der Waals surface area contributed by atoms with Gasteiger partial charge in [0.25, 0.3) is 0 Å². The average Bonchev–Trinajstić information content (AvgIpc) is 2.02. The highest BCUT2D eigenvalue weighted by Gasteiger charge is 2.16. The molecule has 0 aromatic heterocycles. The number of carboxylic acid groups (broad SMARTS) is 1. The number of hydrogen-bond donors (Lipinski definition) is 2. The Morgan fingerprint density at radius 1 is 1.36 bits per heavy atom. The molecule has 0 saturated carbocycles. The number of aliphatic carboxylic acids is 1. The smallest absolute Gasteiger partial charge is 0.189 e. The molecule has 2 unspecified atom stereocenters. The fraction of sp³-hybridized carbons (Fsp3) is 0.889. The van der Waals surface area contributed by atoms with Crippen molar-refractivity contribution in [2.45, 2.75) is 32.6 Å². The van der Waals surface area contributed by atoms with Crippen molar-refractivity contribution in [1.82, 2.24) is 0 Å². The van der Waals surface area contributed by atoms with Gasteiger partial charge in [-0.25, -0.2) is 0 Å². The monoisotopic (exact) mass is 207 g/mol. The van der Waals surface area contributed by atoms with Crippen molar-refractivity contribution in [3.63, 3.8) is 0 Å². The summed E-state index contributed by atoms with van der Waals surface area (Å²) < 4.78 is 0.635. The van der Waals surface area contributed by atoms with Gasteiger partial charge in [0.15, 0.2) is 6.23 Å². The molecular weight excluding hydrogens is 186 g/mol. The number of carbonyl (C=O) groups is 1. The molecule has 0 aromatic carbocycles. The second-order valence-electron chi connectivity index (χ2n) is 4.00. The highest BCUT2D eigenvalue weighted by molar-refractivity contribution is 5.68. The summed E-state index contributed by atoms with van der Waals surface area (Å²) in [5.41, 5.74) is 0. The van der Waals surface area contributed by atoms with E-state index in [0.29, 0.717) is 4.48 Å². The van der Waals surface area contributed by atoms with Crippen LogP contribution in [0.25, 0.3) is 0 Å². The molecule has 2 atom stereocenters. The molecule has 0 saturated heterocycles. The molecule has 14 heavy (non-hydrogen) atoms. The third-order valence-electron chi connectivity index (χ3n) is 1.60. The van der Waals surface area contributed by atoms with Crippen molar-refractivity contribution in [3.8, 4) is 0 Å². The molecule has 0 spiro atoms. The summed E-state index contributed by atoms with van der Waals surface area (Å²) in [6.07, 6.45) is -0.733. The molecule has 0 rings (SSSR count). The number of nitrogens with zero attached hydrogens (tertiary/aromatic N) is 1. The van der Waals surface area contributed by atoms with Crippen molar-refractivity contribution in [2.75, 3.05) is 21.1 Å². The molecule has 0 aliphatic rings. The van der Waals surface area contributed by atoms with Crippen LogP contribution in [-0.4, -0.2) is 54.1 Å². The van der Waals surface area contributed by atoms with E-state index in [4.69, 9.17) is 10.2 Å². The van der Waals surface area contributed by atoms with Crippen LogP contribution in [0.4, 0.5) is 0 Å². The molecule has 0 amide bonds. The van der Waals surface area contributed by atoms with E-state index in [2.05, 4.69) is 0 Å². The first-order chi connectivity index (χ1) is 6.12. The van der Waals surface area contributed by atoms with E-state index in [1.807, 2.05) is 28.1 Å². The largest absolute Gasteiger partial charge is 0.547 e. The second kappa shape index (κ2) is 6.75. The second-order valence-corrected chi connectivity index (χ2v) is 4.00. The molecule has 0 aromatic rings. The van der Waals surface area contributed by atoms with Gasteiger partial charge in [-0.1, -0.05) is 6.92 Å². The minimum absolute atomic E-state index is 0.213. The number of aliphatic hydroxyl groups is 2. The summed E-state index contributed by atoms with van der Waals surface area (Å²) in [5, 5.41) is 26.5. The van der Waals surface area contributed by atoms with E-state index in [1.54, 1.807) is 0 Å². The van der Waals surface area contributed by atoms with Crippen LogP contribution in [0.3, 0.4) is 0 Å². The zero-order valence-corrected chi connectivity index (χ0v) is 9.52. The third kappa shape index (κ3) is 9.44. The topological polar surface area (TPSA) is 80.6 Å². The van der Waals surface area contributed by atoms with Gasteiger partial charge in [0, 0.05) is 6.42 Å². The maximum Gasteiger partial charge on any atom is 0.189 e. The molecule has 86 valence electrons. The Hall–Kier alpha value is -0.650. The van der Waals surface area contributed by atoms with Crippen LogP contribution < -0.4 is 5.11 Å². The molecule has 0 radical (unpaired) electrons. The summed E-state index contributed by atoms with van der Waals surface area (Å²) in [4.78, 5) is 9.34. The minimum Gasteiger partial charge on any atom is -0.547 e. The van der Waals surface area contributed by atoms with Gasteiger partial charge < -0.3 is 24.6 Å². The Labute approximate surface area is 85.2 Å². The highest BCUT2D eigenvalue weighted by atomic mass is 16.4. The van der Waals surface area contributed by atoms with Gasteiger partial charge in [0.1, 0.15) is 0 Å². The minimum atomic E-state index is -1.44. The van der Waals surface area contributed by atoms with Crippen LogP contribution in [0.5, 0.6) is 0 Å². The zero-order valence-electron chi connectivity index (χ0n) is 9.52. The molecule has 5 nitrogen and oxygen atoms in total. The van der Waals surface area contributed by atoms with Gasteiger partial charge in [-0.3, -0.25) is 0 Å². The van der Waals surface area contributed by atoms with Gasteiger partial charge in [-0.2, -0.15) is 0 Å². The van der Waals surface area contributed by atoms with Gasteiger partial charge in [-0.15, -0.1) is 0 Å². The van der Waals surface area contributed by atoms with E-state index in [1.165, 1.54) is 0 Å². The van der Waals surface area contributed by atoms with Crippen molar-refractivity contribution < 1.29 is 24.6 Å². The molecule has 0 fully saturated rings. The van der Waals surface area contributed by atoms with Gasteiger partial charge in [0.2, 0.25) is 0 Å². The average molecular weight is 207 g/mol. The lowest BCUT2D eigenvalue weighted by Crippen LogP contribution is -2.44. The SMILES string of the molecule is CC(O)C(=O)[O-].CCC(O)[N+](C)(C)C. The lowest BCUT2D eigenvalue weighted by molar-refractivity contribution is -0.918. The Balaban J connectivity index is 0. The van der Waals surface area contributed by atoms with Crippen molar-refractivity contribution >= 4 is 5.97 Å². The standard InChI is InChI=1S/C6H16NO.C3H6O3/c1-5-6(8)7(2,3)4;1-2(4)3(5)6/h6,8H,5H2,1-4H3;2,4H,1H3,(H,5,6)/q+1;/p-1. The predicted molar refractivity (Wildman–Crippen MR) is 51.0 cm³/mol. The predicted octanol–water partition coefficient (Wildman–Crippen LogP) is -1.46. The number of rotatable bonds is 3. The maximum atomic E-state index is 9.34. The van der Waals surface area contributed by atoms with Crippen LogP contribution in [0, 0.1) is 0 Å². The Bertz CT molecular complexity index is 163. The Morgan fingerprint density at radius 3 is 1.64 bits per heavy atom. The third-order valence-corrected chi connectivity index (χ3v) is 1.60. The quantitative estimate of drug-likeness (QED) is 0.438. The summed E-state index contributed by atoms with van der Waals surface area (Å²) in [5.74, 6) is -1.44. The first-order valence-corrected chi connectivity index (χ1v) is 4.51. The number of carbonyl (C=O) groups excluding carboxylic acids is 1. The molecule has 0 aliphatic carbocycles. The van der Waals surface area contributed by atoms with Crippen LogP contribution in [0.2, 0.25) is 0 Å². The first kappa shape index (κ1) is 15.8. The summed E-state index contributed by atoms with van der Waals surface area (Å²) >= 11 is 0. The highest BCUT2D eigenvalue weighted by Crippen LogP contribution is 2.01. The summed E-state index contributed by atoms with van der Waals surface area (Å²) in [7, 11) is 5.94. The normalized spacial score (nSPS) is 15.1. The Kier molecular flexibility index (Phi) is 7.62. The van der Waals surface area contributed by atoms with Crippen molar-refractivity contribution in [2.24, 2.45) is 0 Å². The Morgan fingerprint density at radius 2 is 1.64 bits per heavy atom. The van der Waals surface area contributed by atoms with Gasteiger partial charge in [-0.05, 0) is 6.92 Å². The van der Waals surface area contributed by atoms with Gasteiger partial charge >= 0.3 is 0 Å². The lowest BCUT2D eigenvalue weighted by Gasteiger charge is -2.28. The van der Waals surface area contributed by atoms with Gasteiger partial charge in [0.05, 0.1) is 33.2 Å². The molecule has 0 bridgehead atoms. The molecule has 2 N–H and O–H groups in total. The molecule has 0 heterocycles. The van der Waals surface area contributed by atoms with Crippen LogP contribution in [0.1, 0.15) is 20.3 Å². The summed E-state index contributed by atoms with van der Waals surface area (Å²) in [6, 6.07) is 0. The molecule has 0 aliphatic heterocycles. The van der Waals surface area contributed by atoms with Crippen LogP contribution in [0.15, 0.2) is 0 Å². The van der Waals surface area contributed by atoms with Crippen LogP contribution >= 0.6 is 0 Å². The fourth-order valence-electron chi connectivity index (χ4n) is 0.548. The molecular formula is C9H21NO4. The number of aliphatic hydroxyl groups excluding tert-OH is 2. The number of hydrogen-bond acceptors (Lipinski definition) is 4.